The van der Waals surface area contributed by atoms with E-state index in [0.29, 0.717) is 5.91 Å². The third-order valence-corrected chi connectivity index (χ3v) is 5.16. The Bertz CT molecular complexity index is 496. The van der Waals surface area contributed by atoms with Gasteiger partial charge < -0.3 is 10.2 Å². The molecular weight excluding hydrogens is 352 g/mol. The molecular formula is C16H22BrClN2O. The summed E-state index contributed by atoms with van der Waals surface area (Å²) in [5.74, 6) is 0.485. The maximum absolute atomic E-state index is 12.4. The first kappa shape index (κ1) is 16.8. The van der Waals surface area contributed by atoms with Crippen molar-refractivity contribution >= 4 is 34.2 Å². The molecule has 2 fully saturated rings. The smallest absolute Gasteiger partial charge is 0.226 e. The molecule has 1 saturated heterocycles. The van der Waals surface area contributed by atoms with Gasteiger partial charge in [-0.15, -0.1) is 12.4 Å². The number of carbonyl (C=O) groups excluding carboxylic acids is 1. The number of carbonyl (C=O) groups is 1. The van der Waals surface area contributed by atoms with Crippen molar-refractivity contribution in [2.75, 3.05) is 26.7 Å². The van der Waals surface area contributed by atoms with E-state index in [0.717, 1.165) is 30.5 Å². The van der Waals surface area contributed by atoms with Crippen LogP contribution in [0.25, 0.3) is 0 Å². The summed E-state index contributed by atoms with van der Waals surface area (Å²) in [5, 5.41) is 3.27. The first-order valence-corrected chi connectivity index (χ1v) is 8.12. The maximum atomic E-state index is 12.4. The third-order valence-electron chi connectivity index (χ3n) is 4.64. The maximum Gasteiger partial charge on any atom is 0.226 e. The average Bonchev–Trinajstić information content (AvgIpc) is 3.02. The molecule has 1 aromatic carbocycles. The third kappa shape index (κ3) is 3.61. The Morgan fingerprint density at radius 2 is 2.05 bits per heavy atom. The van der Waals surface area contributed by atoms with Crippen molar-refractivity contribution in [1.29, 1.82) is 0 Å². The topological polar surface area (TPSA) is 32.3 Å². The summed E-state index contributed by atoms with van der Waals surface area (Å²) in [4.78, 5) is 14.4. The van der Waals surface area contributed by atoms with Gasteiger partial charge >= 0.3 is 0 Å². The summed E-state index contributed by atoms with van der Waals surface area (Å²) >= 11 is 3.48. The molecule has 2 aliphatic rings. The number of nitrogens with zero attached hydrogens (tertiary/aromatic N) is 1. The van der Waals surface area contributed by atoms with E-state index in [-0.39, 0.29) is 23.7 Å². The first-order valence-electron chi connectivity index (χ1n) is 7.32. The summed E-state index contributed by atoms with van der Waals surface area (Å²) in [6, 6.07) is 8.56. The molecule has 3 rings (SSSR count). The van der Waals surface area contributed by atoms with E-state index >= 15 is 0 Å². The van der Waals surface area contributed by atoms with Crippen LogP contribution < -0.4 is 5.32 Å². The SMILES string of the molecule is CN(CC1(c2ccc(Br)cc2)CC1)C(=O)C1CCNC1.Cl. The molecule has 3 nitrogen and oxygen atoms in total. The van der Waals surface area contributed by atoms with Crippen molar-refractivity contribution in [3.8, 4) is 0 Å². The zero-order valence-electron chi connectivity index (χ0n) is 12.3. The molecule has 21 heavy (non-hydrogen) atoms. The van der Waals surface area contributed by atoms with E-state index in [2.05, 4.69) is 45.5 Å². The van der Waals surface area contributed by atoms with E-state index in [9.17, 15) is 4.79 Å². The van der Waals surface area contributed by atoms with E-state index in [1.807, 2.05) is 11.9 Å². The highest BCUT2D eigenvalue weighted by molar-refractivity contribution is 9.10. The predicted octanol–water partition coefficient (Wildman–Crippen LogP) is 2.97. The summed E-state index contributed by atoms with van der Waals surface area (Å²) in [6.45, 7) is 2.67. The van der Waals surface area contributed by atoms with E-state index in [1.165, 1.54) is 18.4 Å². The van der Waals surface area contributed by atoms with Crippen molar-refractivity contribution in [3.63, 3.8) is 0 Å². The number of hydrogen-bond acceptors (Lipinski definition) is 2. The summed E-state index contributed by atoms with van der Waals surface area (Å²) in [6.07, 6.45) is 3.36. The van der Waals surface area contributed by atoms with Crippen molar-refractivity contribution in [2.24, 2.45) is 5.92 Å². The van der Waals surface area contributed by atoms with Crippen LogP contribution in [0.15, 0.2) is 28.7 Å². The Labute approximate surface area is 141 Å². The molecule has 1 unspecified atom stereocenters. The first-order chi connectivity index (χ1) is 9.61. The molecule has 1 aliphatic carbocycles. The van der Waals surface area contributed by atoms with Gasteiger partial charge in [-0.05, 0) is 43.5 Å². The minimum atomic E-state index is 0. The summed E-state index contributed by atoms with van der Waals surface area (Å²) < 4.78 is 1.11. The largest absolute Gasteiger partial charge is 0.345 e. The van der Waals surface area contributed by atoms with Crippen molar-refractivity contribution in [2.45, 2.75) is 24.7 Å². The number of rotatable bonds is 4. The number of likely N-dealkylation sites (N-methyl/N-ethyl adjacent to an activating group) is 1. The fourth-order valence-corrected chi connectivity index (χ4v) is 3.47. The molecule has 0 spiro atoms. The van der Waals surface area contributed by atoms with Crippen molar-refractivity contribution in [1.82, 2.24) is 10.2 Å². The van der Waals surface area contributed by atoms with E-state index < -0.39 is 0 Å². The highest BCUT2D eigenvalue weighted by Crippen LogP contribution is 2.48. The Kier molecular flexibility index (Phi) is 5.33. The monoisotopic (exact) mass is 372 g/mol. The van der Waals surface area contributed by atoms with Crippen LogP contribution in [0.5, 0.6) is 0 Å². The van der Waals surface area contributed by atoms with E-state index in [4.69, 9.17) is 0 Å². The second-order valence-corrected chi connectivity index (χ2v) is 7.09. The van der Waals surface area contributed by atoms with Crippen LogP contribution in [0.3, 0.4) is 0 Å². The molecule has 1 atom stereocenters. The summed E-state index contributed by atoms with van der Waals surface area (Å²) in [5.41, 5.74) is 1.57. The van der Waals surface area contributed by atoms with Gasteiger partial charge in [-0.1, -0.05) is 28.1 Å². The lowest BCUT2D eigenvalue weighted by atomic mass is 9.95. The van der Waals surface area contributed by atoms with Gasteiger partial charge in [0.05, 0.1) is 5.92 Å². The Balaban J connectivity index is 0.00000161. The van der Waals surface area contributed by atoms with Gasteiger partial charge in [-0.3, -0.25) is 4.79 Å². The number of nitrogens with one attached hydrogen (secondary N) is 1. The fourth-order valence-electron chi connectivity index (χ4n) is 3.20. The normalized spacial score (nSPS) is 22.5. The lowest BCUT2D eigenvalue weighted by Crippen LogP contribution is -2.39. The quantitative estimate of drug-likeness (QED) is 0.880. The van der Waals surface area contributed by atoms with Crippen LogP contribution in [0, 0.1) is 5.92 Å². The number of benzene rings is 1. The predicted molar refractivity (Wildman–Crippen MR) is 90.9 cm³/mol. The van der Waals surface area contributed by atoms with Gasteiger partial charge in [0.25, 0.3) is 0 Å². The number of amides is 1. The number of halogens is 2. The molecule has 0 radical (unpaired) electrons. The minimum Gasteiger partial charge on any atom is -0.345 e. The van der Waals surface area contributed by atoms with Gasteiger partial charge in [0.1, 0.15) is 0 Å². The van der Waals surface area contributed by atoms with Gasteiger partial charge in [0.15, 0.2) is 0 Å². The van der Waals surface area contributed by atoms with Crippen molar-refractivity contribution in [3.05, 3.63) is 34.3 Å². The molecule has 1 N–H and O–H groups in total. The van der Waals surface area contributed by atoms with Crippen LogP contribution >= 0.6 is 28.3 Å². The Morgan fingerprint density at radius 3 is 2.57 bits per heavy atom. The average molecular weight is 374 g/mol. The lowest BCUT2D eigenvalue weighted by Gasteiger charge is -2.26. The van der Waals surface area contributed by atoms with Gasteiger partial charge in [0.2, 0.25) is 5.91 Å². The van der Waals surface area contributed by atoms with Gasteiger partial charge in [-0.25, -0.2) is 0 Å². The number of hydrogen-bond donors (Lipinski definition) is 1. The van der Waals surface area contributed by atoms with Gasteiger partial charge in [-0.2, -0.15) is 0 Å². The Hall–Kier alpha value is -0.580. The Morgan fingerprint density at radius 1 is 1.38 bits per heavy atom. The van der Waals surface area contributed by atoms with Crippen LogP contribution in [-0.4, -0.2) is 37.5 Å². The molecule has 5 heteroatoms. The zero-order chi connectivity index (χ0) is 14.2. The fraction of sp³-hybridized carbons (Fsp3) is 0.562. The molecule has 1 aliphatic heterocycles. The lowest BCUT2D eigenvalue weighted by molar-refractivity contribution is -0.133. The van der Waals surface area contributed by atoms with Gasteiger partial charge in [0, 0.05) is 30.0 Å². The highest BCUT2D eigenvalue weighted by Gasteiger charge is 2.46. The minimum absolute atomic E-state index is 0. The van der Waals surface area contributed by atoms with Crippen LogP contribution in [0.2, 0.25) is 0 Å². The molecule has 1 aromatic rings. The zero-order valence-corrected chi connectivity index (χ0v) is 14.7. The molecule has 1 amide bonds. The van der Waals surface area contributed by atoms with Crippen LogP contribution in [-0.2, 0) is 10.2 Å². The molecule has 0 bridgehead atoms. The second-order valence-electron chi connectivity index (χ2n) is 6.17. The molecule has 1 heterocycles. The van der Waals surface area contributed by atoms with Crippen molar-refractivity contribution < 1.29 is 4.79 Å². The molecule has 116 valence electrons. The molecule has 1 saturated carbocycles. The van der Waals surface area contributed by atoms with E-state index in [1.54, 1.807) is 0 Å². The standard InChI is InChI=1S/C16H21BrN2O.ClH/c1-19(15(20)12-6-9-18-10-12)11-16(7-8-16)13-2-4-14(17)5-3-13;/h2-5,12,18H,6-11H2,1H3;1H. The second kappa shape index (κ2) is 6.67. The molecule has 0 aromatic heterocycles. The highest BCUT2D eigenvalue weighted by atomic mass is 79.9. The van der Waals surface area contributed by atoms with Crippen LogP contribution in [0.1, 0.15) is 24.8 Å². The summed E-state index contributed by atoms with van der Waals surface area (Å²) in [7, 11) is 1.96. The van der Waals surface area contributed by atoms with Crippen LogP contribution in [0.4, 0.5) is 0 Å².